The van der Waals surface area contributed by atoms with Gasteiger partial charge in [0.1, 0.15) is 13.2 Å². The number of aliphatic hydroxyl groups excluding tert-OH is 1. The van der Waals surface area contributed by atoms with Crippen molar-refractivity contribution in [2.75, 3.05) is 33.4 Å². The van der Waals surface area contributed by atoms with Gasteiger partial charge in [0.05, 0.1) is 7.85 Å². The monoisotopic (exact) mass is 431 g/mol. The van der Waals surface area contributed by atoms with Crippen molar-refractivity contribution in [2.45, 2.75) is 27.5 Å². The predicted octanol–water partition coefficient (Wildman–Crippen LogP) is 2.81. The number of imidazole rings is 1. The van der Waals surface area contributed by atoms with Gasteiger partial charge in [0, 0.05) is 44.5 Å². The summed E-state index contributed by atoms with van der Waals surface area (Å²) in [5.41, 5.74) is 0. The molecule has 1 saturated carbocycles. The smallest absolute Gasteiger partial charge is 0.167 e. The van der Waals surface area contributed by atoms with E-state index in [0.29, 0.717) is 25.0 Å². The molecule has 2 radical (unpaired) electrons. The quantitative estimate of drug-likeness (QED) is 0.590. The Morgan fingerprint density at radius 3 is 2.48 bits per heavy atom. The van der Waals surface area contributed by atoms with Gasteiger partial charge in [-0.1, -0.05) is 11.8 Å². The van der Waals surface area contributed by atoms with Crippen LogP contribution in [-0.2, 0) is 7.05 Å². The number of aromatic nitrogens is 2. The molecule has 5 rings (SSSR count). The molecule has 0 bridgehead atoms. The molecule has 154 valence electrons. The van der Waals surface area contributed by atoms with Crippen LogP contribution in [0, 0.1) is 11.8 Å². The van der Waals surface area contributed by atoms with Crippen LogP contribution in [0.5, 0.6) is 11.5 Å². The van der Waals surface area contributed by atoms with Gasteiger partial charge in [-0.2, -0.15) is 0 Å². The zero-order valence-electron chi connectivity index (χ0n) is 16.8. The second-order valence-electron chi connectivity index (χ2n) is 7.66. The summed E-state index contributed by atoms with van der Waals surface area (Å²) in [6.45, 7) is 3.43. The Kier molecular flexibility index (Phi) is 6.39. The first kappa shape index (κ1) is 21.0. The van der Waals surface area contributed by atoms with Crippen LogP contribution >= 0.6 is 23.7 Å². The molecule has 0 amide bonds. The number of ether oxygens (including phenoxy) is 2. The lowest BCUT2D eigenvalue weighted by molar-refractivity contribution is 0.171. The number of hydrogen-bond acceptors (Lipinski definition) is 7. The Hall–Kier alpha value is -1.29. The molecule has 9 heteroatoms. The zero-order chi connectivity index (χ0) is 20.4. The van der Waals surface area contributed by atoms with E-state index >= 15 is 0 Å². The molecule has 2 aliphatic heterocycles. The SMILES string of the molecule is CO.[B]C1(Sc2nccn2C)C[C@H]2CN(Sc3ccc4c(c3)OCCO4)C[C@H]2C1. The molecule has 3 heterocycles. The highest BCUT2D eigenvalue weighted by atomic mass is 32.2. The number of thioether (sulfide) groups is 1. The van der Waals surface area contributed by atoms with Crippen molar-refractivity contribution in [3.8, 4) is 11.5 Å². The summed E-state index contributed by atoms with van der Waals surface area (Å²) in [5, 5.41) is 8.01. The Morgan fingerprint density at radius 1 is 1.14 bits per heavy atom. The van der Waals surface area contributed by atoms with Gasteiger partial charge in [0.25, 0.3) is 0 Å². The van der Waals surface area contributed by atoms with E-state index in [1.54, 1.807) is 11.8 Å². The summed E-state index contributed by atoms with van der Waals surface area (Å²) in [7, 11) is 9.77. The molecule has 1 N–H and O–H groups in total. The van der Waals surface area contributed by atoms with Crippen molar-refractivity contribution in [1.29, 1.82) is 0 Å². The number of rotatable bonds is 4. The van der Waals surface area contributed by atoms with Gasteiger partial charge < -0.3 is 19.1 Å². The summed E-state index contributed by atoms with van der Waals surface area (Å²) in [5.74, 6) is 3.03. The van der Waals surface area contributed by atoms with Gasteiger partial charge in [-0.15, -0.1) is 0 Å². The first-order valence-electron chi connectivity index (χ1n) is 9.80. The minimum absolute atomic E-state index is 0.192. The van der Waals surface area contributed by atoms with Gasteiger partial charge in [0.2, 0.25) is 0 Å². The minimum Gasteiger partial charge on any atom is -0.486 e. The fraction of sp³-hybridized carbons (Fsp3) is 0.550. The lowest BCUT2D eigenvalue weighted by Crippen LogP contribution is -2.25. The van der Waals surface area contributed by atoms with Gasteiger partial charge in [-0.3, -0.25) is 0 Å². The number of fused-ring (bicyclic) bond motifs is 2. The molecule has 1 aromatic heterocycles. The zero-order valence-corrected chi connectivity index (χ0v) is 18.4. The third-order valence-corrected chi connectivity index (χ3v) is 7.91. The number of benzene rings is 1. The van der Waals surface area contributed by atoms with Crippen LogP contribution in [0.25, 0.3) is 0 Å². The second-order valence-corrected chi connectivity index (χ2v) is 10.2. The summed E-state index contributed by atoms with van der Waals surface area (Å²) >= 11 is 3.56. The third-order valence-electron chi connectivity index (χ3n) is 5.58. The Morgan fingerprint density at radius 2 is 1.83 bits per heavy atom. The molecule has 1 saturated heterocycles. The highest BCUT2D eigenvalue weighted by molar-refractivity contribution is 8.01. The van der Waals surface area contributed by atoms with Crippen LogP contribution in [-0.4, -0.2) is 64.9 Å². The Bertz CT molecular complexity index is 836. The van der Waals surface area contributed by atoms with Gasteiger partial charge >= 0.3 is 0 Å². The molecule has 3 aliphatic rings. The average molecular weight is 431 g/mol. The average Bonchev–Trinajstić information content (AvgIpc) is 3.36. The first-order chi connectivity index (χ1) is 14.1. The number of hydrogen-bond donors (Lipinski definition) is 1. The predicted molar refractivity (Wildman–Crippen MR) is 117 cm³/mol. The van der Waals surface area contributed by atoms with Crippen LogP contribution in [0.1, 0.15) is 12.8 Å². The lowest BCUT2D eigenvalue weighted by Gasteiger charge is -2.26. The van der Waals surface area contributed by atoms with Crippen molar-refractivity contribution in [3.05, 3.63) is 30.6 Å². The Labute approximate surface area is 181 Å². The highest BCUT2D eigenvalue weighted by Crippen LogP contribution is 2.52. The van der Waals surface area contributed by atoms with Crippen LogP contribution < -0.4 is 9.47 Å². The number of aryl methyl sites for hydroxylation is 1. The standard InChI is InChI=1S/C19H22BN3O2S2.CH4O/c1-22-5-4-21-18(22)26-19(20)9-13-11-23(12-14(13)10-19)27-15-2-3-16-17(8-15)25-7-6-24-16;1-2/h2-5,8,13-14H,6-7,9-12H2,1H3;2H,1H3/t13-,14+,19?;. The molecule has 6 nitrogen and oxygen atoms in total. The number of nitrogens with zero attached hydrogens (tertiary/aromatic N) is 3. The third kappa shape index (κ3) is 4.58. The number of aliphatic hydroxyl groups is 1. The molecular weight excluding hydrogens is 405 g/mol. The van der Waals surface area contributed by atoms with Crippen LogP contribution in [0.2, 0.25) is 0 Å². The van der Waals surface area contributed by atoms with Gasteiger partial charge in [-0.05, 0) is 59.5 Å². The highest BCUT2D eigenvalue weighted by Gasteiger charge is 2.47. The van der Waals surface area contributed by atoms with E-state index in [0.717, 1.165) is 49.7 Å². The molecule has 2 fully saturated rings. The maximum atomic E-state index is 7.00. The van der Waals surface area contributed by atoms with Crippen LogP contribution in [0.4, 0.5) is 0 Å². The normalized spacial score (nSPS) is 28.0. The van der Waals surface area contributed by atoms with Crippen molar-refractivity contribution >= 4 is 31.6 Å². The van der Waals surface area contributed by atoms with Gasteiger partial charge in [0.15, 0.2) is 16.7 Å². The molecule has 1 aromatic carbocycles. The van der Waals surface area contributed by atoms with E-state index in [9.17, 15) is 0 Å². The summed E-state index contributed by atoms with van der Waals surface area (Å²) in [6, 6.07) is 6.23. The fourth-order valence-corrected chi connectivity index (χ4v) is 6.74. The van der Waals surface area contributed by atoms with E-state index < -0.39 is 0 Å². The molecule has 1 unspecified atom stereocenters. The summed E-state index contributed by atoms with van der Waals surface area (Å²) in [4.78, 5) is 5.64. The maximum absolute atomic E-state index is 7.00. The van der Waals surface area contributed by atoms with E-state index in [1.807, 2.05) is 37.5 Å². The summed E-state index contributed by atoms with van der Waals surface area (Å²) in [6.07, 6.45) is 5.92. The first-order valence-corrected chi connectivity index (χ1v) is 11.4. The van der Waals surface area contributed by atoms with Crippen molar-refractivity contribution in [1.82, 2.24) is 13.9 Å². The van der Waals surface area contributed by atoms with E-state index in [4.69, 9.17) is 22.4 Å². The molecule has 29 heavy (non-hydrogen) atoms. The molecule has 1 aliphatic carbocycles. The van der Waals surface area contributed by atoms with Gasteiger partial charge in [-0.25, -0.2) is 9.29 Å². The maximum Gasteiger partial charge on any atom is 0.167 e. The van der Waals surface area contributed by atoms with Crippen molar-refractivity contribution < 1.29 is 14.6 Å². The fourth-order valence-electron chi connectivity index (χ4n) is 4.35. The van der Waals surface area contributed by atoms with Crippen LogP contribution in [0.3, 0.4) is 0 Å². The lowest BCUT2D eigenvalue weighted by atomic mass is 9.83. The van der Waals surface area contributed by atoms with Crippen molar-refractivity contribution in [2.24, 2.45) is 18.9 Å². The van der Waals surface area contributed by atoms with E-state index in [-0.39, 0.29) is 4.65 Å². The topological polar surface area (TPSA) is 59.8 Å². The molecule has 2 aromatic rings. The second kappa shape index (κ2) is 8.84. The van der Waals surface area contributed by atoms with E-state index in [2.05, 4.69) is 26.0 Å². The summed E-state index contributed by atoms with van der Waals surface area (Å²) < 4.78 is 15.7. The largest absolute Gasteiger partial charge is 0.486 e. The Balaban J connectivity index is 0.000000994. The van der Waals surface area contributed by atoms with Crippen molar-refractivity contribution in [3.63, 3.8) is 0 Å². The van der Waals surface area contributed by atoms with E-state index in [1.165, 1.54) is 4.90 Å². The molecular formula is C20H26BN3O3S2. The molecule has 3 atom stereocenters. The minimum atomic E-state index is -0.192. The van der Waals surface area contributed by atoms with Crippen LogP contribution in [0.15, 0.2) is 40.6 Å². The molecule has 0 spiro atoms.